The quantitative estimate of drug-likeness (QED) is 0.639. The third kappa shape index (κ3) is 4.29. The molecule has 1 aromatic carbocycles. The van der Waals surface area contributed by atoms with Gasteiger partial charge in [-0.05, 0) is 43.7 Å². The van der Waals surface area contributed by atoms with Crippen LogP contribution in [0.4, 0.5) is 5.69 Å². The van der Waals surface area contributed by atoms with E-state index >= 15 is 0 Å². The minimum atomic E-state index is -0.452. The molecule has 0 atom stereocenters. The number of ketones is 1. The smallest absolute Gasteiger partial charge is 0.338 e. The van der Waals surface area contributed by atoms with Gasteiger partial charge in [0.15, 0.2) is 5.78 Å². The summed E-state index contributed by atoms with van der Waals surface area (Å²) in [4.78, 5) is 37.5. The van der Waals surface area contributed by atoms with Crippen LogP contribution in [0.25, 0.3) is 0 Å². The molecule has 0 spiro atoms. The third-order valence-electron chi connectivity index (χ3n) is 3.61. The van der Waals surface area contributed by atoms with E-state index in [2.05, 4.69) is 5.32 Å². The molecule has 24 heavy (non-hydrogen) atoms. The van der Waals surface area contributed by atoms with E-state index in [9.17, 15) is 14.4 Å². The summed E-state index contributed by atoms with van der Waals surface area (Å²) in [7, 11) is 1.31. The second-order valence-corrected chi connectivity index (χ2v) is 6.64. The average Bonchev–Trinajstić information content (AvgIpc) is 3.00. The molecule has 1 amide bonds. The predicted octanol–water partition coefficient (Wildman–Crippen LogP) is 3.75. The fraction of sp³-hybridized carbons (Fsp3) is 0.278. The molecule has 126 valence electrons. The normalized spacial score (nSPS) is 10.3. The molecule has 0 saturated heterocycles. The molecule has 1 aromatic heterocycles. The molecular formula is C18H19NO4S. The number of anilines is 1. The maximum Gasteiger partial charge on any atom is 0.338 e. The number of nitrogens with one attached hydrogen (secondary N) is 1. The lowest BCUT2D eigenvalue weighted by atomic mass is 10.1. The zero-order chi connectivity index (χ0) is 17.7. The fourth-order valence-corrected chi connectivity index (χ4v) is 3.08. The number of carbonyl (C=O) groups is 3. The van der Waals surface area contributed by atoms with E-state index < -0.39 is 5.97 Å². The number of hydrogen-bond donors (Lipinski definition) is 1. The van der Waals surface area contributed by atoms with Gasteiger partial charge in [0.25, 0.3) is 0 Å². The molecule has 0 saturated carbocycles. The van der Waals surface area contributed by atoms with Gasteiger partial charge in [0.2, 0.25) is 5.91 Å². The molecule has 0 unspecified atom stereocenters. The molecular weight excluding hydrogens is 326 g/mol. The second-order valence-electron chi connectivity index (χ2n) is 5.35. The molecule has 1 N–H and O–H groups in total. The topological polar surface area (TPSA) is 72.5 Å². The van der Waals surface area contributed by atoms with Gasteiger partial charge in [-0.25, -0.2) is 4.79 Å². The van der Waals surface area contributed by atoms with Crippen molar-refractivity contribution < 1.29 is 19.1 Å². The SMILES string of the molecule is COC(=O)c1cccc(NC(=O)CCC(=O)c2ccc(C)s2)c1C. The zero-order valence-corrected chi connectivity index (χ0v) is 14.7. The molecule has 5 nitrogen and oxygen atoms in total. The van der Waals surface area contributed by atoms with Crippen molar-refractivity contribution >= 4 is 34.7 Å². The minimum Gasteiger partial charge on any atom is -0.465 e. The van der Waals surface area contributed by atoms with Crippen molar-refractivity contribution in [2.24, 2.45) is 0 Å². The number of amides is 1. The Balaban J connectivity index is 1.97. The predicted molar refractivity (Wildman–Crippen MR) is 93.8 cm³/mol. The van der Waals surface area contributed by atoms with E-state index in [0.29, 0.717) is 21.7 Å². The lowest BCUT2D eigenvalue weighted by molar-refractivity contribution is -0.116. The van der Waals surface area contributed by atoms with E-state index in [4.69, 9.17) is 4.74 Å². The number of aryl methyl sites for hydroxylation is 1. The Morgan fingerprint density at radius 1 is 1.08 bits per heavy atom. The second kappa shape index (κ2) is 7.88. The summed E-state index contributed by atoms with van der Waals surface area (Å²) in [6, 6.07) is 8.70. The summed E-state index contributed by atoms with van der Waals surface area (Å²) in [6.07, 6.45) is 0.249. The Kier molecular flexibility index (Phi) is 5.87. The summed E-state index contributed by atoms with van der Waals surface area (Å²) < 4.78 is 4.71. The van der Waals surface area contributed by atoms with Crippen LogP contribution < -0.4 is 5.32 Å². The van der Waals surface area contributed by atoms with E-state index in [1.165, 1.54) is 18.4 Å². The number of Topliss-reactive ketones (excluding diaryl/α,β-unsaturated/α-hetero) is 1. The van der Waals surface area contributed by atoms with E-state index in [0.717, 1.165) is 4.88 Å². The van der Waals surface area contributed by atoms with Crippen molar-refractivity contribution in [2.75, 3.05) is 12.4 Å². The van der Waals surface area contributed by atoms with Gasteiger partial charge in [-0.3, -0.25) is 9.59 Å². The monoisotopic (exact) mass is 345 g/mol. The molecule has 6 heteroatoms. The van der Waals surface area contributed by atoms with Gasteiger partial charge in [0.1, 0.15) is 0 Å². The lowest BCUT2D eigenvalue weighted by Gasteiger charge is -2.11. The summed E-state index contributed by atoms with van der Waals surface area (Å²) >= 11 is 1.43. The Labute approximate surface area is 144 Å². The number of rotatable bonds is 6. The Bertz CT molecular complexity index is 779. The number of carbonyl (C=O) groups excluding carboxylic acids is 3. The van der Waals surface area contributed by atoms with E-state index in [1.54, 1.807) is 31.2 Å². The van der Waals surface area contributed by atoms with E-state index in [1.807, 2.05) is 13.0 Å². The van der Waals surface area contributed by atoms with Crippen LogP contribution in [0.2, 0.25) is 0 Å². The van der Waals surface area contributed by atoms with Crippen molar-refractivity contribution in [1.29, 1.82) is 0 Å². The van der Waals surface area contributed by atoms with Crippen molar-refractivity contribution in [3.63, 3.8) is 0 Å². The maximum absolute atomic E-state index is 12.1. The third-order valence-corrected chi connectivity index (χ3v) is 4.65. The van der Waals surface area contributed by atoms with Crippen LogP contribution in [-0.4, -0.2) is 24.8 Å². The first-order chi connectivity index (χ1) is 11.4. The van der Waals surface area contributed by atoms with Crippen molar-refractivity contribution in [3.05, 3.63) is 51.2 Å². The largest absolute Gasteiger partial charge is 0.465 e. The van der Waals surface area contributed by atoms with Crippen LogP contribution in [-0.2, 0) is 9.53 Å². The van der Waals surface area contributed by atoms with Gasteiger partial charge in [-0.2, -0.15) is 0 Å². The molecule has 0 aliphatic carbocycles. The highest BCUT2D eigenvalue weighted by atomic mass is 32.1. The molecule has 0 bridgehead atoms. The van der Waals surface area contributed by atoms with Gasteiger partial charge < -0.3 is 10.1 Å². The zero-order valence-electron chi connectivity index (χ0n) is 13.8. The molecule has 0 radical (unpaired) electrons. The van der Waals surface area contributed by atoms with Gasteiger partial charge in [-0.15, -0.1) is 11.3 Å². The highest BCUT2D eigenvalue weighted by Crippen LogP contribution is 2.21. The number of benzene rings is 1. The molecule has 2 rings (SSSR count). The molecule has 1 heterocycles. The Hall–Kier alpha value is -2.47. The highest BCUT2D eigenvalue weighted by molar-refractivity contribution is 7.14. The Morgan fingerprint density at radius 3 is 2.46 bits per heavy atom. The first kappa shape index (κ1) is 17.9. The Morgan fingerprint density at radius 2 is 1.83 bits per heavy atom. The summed E-state index contributed by atoms with van der Waals surface area (Å²) in [5.74, 6) is -0.753. The van der Waals surface area contributed by atoms with Crippen LogP contribution in [0.1, 0.15) is 43.3 Å². The number of methoxy groups -OCH3 is 1. The van der Waals surface area contributed by atoms with Crippen molar-refractivity contribution in [2.45, 2.75) is 26.7 Å². The highest BCUT2D eigenvalue weighted by Gasteiger charge is 2.15. The average molecular weight is 345 g/mol. The number of ether oxygens (including phenoxy) is 1. The molecule has 0 aliphatic heterocycles. The number of hydrogen-bond acceptors (Lipinski definition) is 5. The van der Waals surface area contributed by atoms with Crippen LogP contribution in [0, 0.1) is 13.8 Å². The van der Waals surface area contributed by atoms with Gasteiger partial charge in [-0.1, -0.05) is 6.07 Å². The maximum atomic E-state index is 12.1. The fourth-order valence-electron chi connectivity index (χ4n) is 2.25. The van der Waals surface area contributed by atoms with Crippen LogP contribution in [0.5, 0.6) is 0 Å². The van der Waals surface area contributed by atoms with Crippen molar-refractivity contribution in [3.8, 4) is 0 Å². The minimum absolute atomic E-state index is 0.0386. The summed E-state index contributed by atoms with van der Waals surface area (Å²) in [5.41, 5.74) is 1.58. The van der Waals surface area contributed by atoms with Crippen LogP contribution in [0.3, 0.4) is 0 Å². The summed E-state index contributed by atoms with van der Waals surface area (Å²) in [6.45, 7) is 3.67. The van der Waals surface area contributed by atoms with Gasteiger partial charge >= 0.3 is 5.97 Å². The van der Waals surface area contributed by atoms with Crippen LogP contribution >= 0.6 is 11.3 Å². The standard InChI is InChI=1S/C18H19NO4S/c1-11-7-9-16(24-11)15(20)8-10-17(21)19-14-6-4-5-13(12(14)2)18(22)23-3/h4-7,9H,8,10H2,1-3H3,(H,19,21). The lowest BCUT2D eigenvalue weighted by Crippen LogP contribution is -2.15. The van der Waals surface area contributed by atoms with Crippen molar-refractivity contribution in [1.82, 2.24) is 0 Å². The van der Waals surface area contributed by atoms with Gasteiger partial charge in [0, 0.05) is 23.4 Å². The van der Waals surface area contributed by atoms with Crippen LogP contribution in [0.15, 0.2) is 30.3 Å². The number of esters is 1. The first-order valence-electron chi connectivity index (χ1n) is 7.49. The summed E-state index contributed by atoms with van der Waals surface area (Å²) in [5, 5.41) is 2.75. The number of thiophene rings is 1. The molecule has 2 aromatic rings. The molecule has 0 fully saturated rings. The molecule has 0 aliphatic rings. The first-order valence-corrected chi connectivity index (χ1v) is 8.31. The van der Waals surface area contributed by atoms with Gasteiger partial charge in [0.05, 0.1) is 17.6 Å². The van der Waals surface area contributed by atoms with E-state index in [-0.39, 0.29) is 24.5 Å².